The molecule has 26 heavy (non-hydrogen) atoms. The summed E-state index contributed by atoms with van der Waals surface area (Å²) in [5.41, 5.74) is 0.486. The van der Waals surface area contributed by atoms with Gasteiger partial charge in [0.15, 0.2) is 0 Å². The van der Waals surface area contributed by atoms with Crippen molar-refractivity contribution in [3.8, 4) is 0 Å². The number of carbonyl (C=O) groups is 1. The number of nitrogens with one attached hydrogen (secondary N) is 1. The highest BCUT2D eigenvalue weighted by Gasteiger charge is 2.16. The van der Waals surface area contributed by atoms with Gasteiger partial charge >= 0.3 is 5.63 Å². The fourth-order valence-electron chi connectivity index (χ4n) is 3.04. The van der Waals surface area contributed by atoms with Crippen LogP contribution in [0.15, 0.2) is 51.8 Å². The molecule has 0 aliphatic carbocycles. The van der Waals surface area contributed by atoms with Crippen LogP contribution < -0.4 is 15.8 Å². The van der Waals surface area contributed by atoms with Crippen LogP contribution in [0.2, 0.25) is 0 Å². The lowest BCUT2D eigenvalue weighted by Crippen LogP contribution is -2.28. The van der Waals surface area contributed by atoms with Gasteiger partial charge in [0.1, 0.15) is 11.1 Å². The van der Waals surface area contributed by atoms with Gasteiger partial charge in [-0.25, -0.2) is 14.8 Å². The number of para-hydroxylation sites is 1. The van der Waals surface area contributed by atoms with Crippen molar-refractivity contribution in [2.45, 2.75) is 19.4 Å². The highest BCUT2D eigenvalue weighted by atomic mass is 16.4. The molecule has 1 amide bonds. The molecule has 1 saturated heterocycles. The quantitative estimate of drug-likeness (QED) is 0.725. The van der Waals surface area contributed by atoms with E-state index in [0.717, 1.165) is 25.9 Å². The zero-order valence-corrected chi connectivity index (χ0v) is 14.1. The molecule has 2 aromatic heterocycles. The van der Waals surface area contributed by atoms with E-state index in [2.05, 4.69) is 20.2 Å². The van der Waals surface area contributed by atoms with Crippen molar-refractivity contribution < 1.29 is 9.21 Å². The Labute approximate surface area is 149 Å². The summed E-state index contributed by atoms with van der Waals surface area (Å²) in [5.74, 6) is 0.199. The maximum Gasteiger partial charge on any atom is 0.349 e. The molecule has 1 aliphatic rings. The third-order valence-electron chi connectivity index (χ3n) is 4.41. The monoisotopic (exact) mass is 350 g/mol. The minimum atomic E-state index is -0.651. The smallest absolute Gasteiger partial charge is 0.349 e. The Kier molecular flexibility index (Phi) is 4.35. The van der Waals surface area contributed by atoms with Gasteiger partial charge in [-0.3, -0.25) is 4.79 Å². The normalized spacial score (nSPS) is 13.9. The number of carbonyl (C=O) groups excluding carboxylic acids is 1. The van der Waals surface area contributed by atoms with Gasteiger partial charge in [0.2, 0.25) is 5.95 Å². The topological polar surface area (TPSA) is 88.3 Å². The molecule has 0 bridgehead atoms. The first-order valence-electron chi connectivity index (χ1n) is 8.59. The van der Waals surface area contributed by atoms with E-state index in [1.165, 1.54) is 0 Å². The number of rotatable bonds is 4. The minimum Gasteiger partial charge on any atom is -0.422 e. The summed E-state index contributed by atoms with van der Waals surface area (Å²) in [6, 6.07) is 10.4. The van der Waals surface area contributed by atoms with Gasteiger partial charge in [0.05, 0.1) is 12.2 Å². The van der Waals surface area contributed by atoms with Crippen LogP contribution in [0.25, 0.3) is 11.0 Å². The van der Waals surface area contributed by atoms with E-state index in [0.29, 0.717) is 22.6 Å². The first-order chi connectivity index (χ1) is 12.7. The van der Waals surface area contributed by atoms with Crippen molar-refractivity contribution in [1.29, 1.82) is 0 Å². The second-order valence-electron chi connectivity index (χ2n) is 6.21. The number of hydrogen-bond acceptors (Lipinski definition) is 6. The van der Waals surface area contributed by atoms with Crippen molar-refractivity contribution in [3.63, 3.8) is 0 Å². The molecule has 132 valence electrons. The SMILES string of the molecule is O=C(NCc1ccnc(N2CCCC2)n1)c1cc2ccccc2oc1=O. The maximum absolute atomic E-state index is 12.4. The third-order valence-corrected chi connectivity index (χ3v) is 4.41. The Bertz CT molecular complexity index is 1010. The molecule has 3 heterocycles. The molecule has 0 saturated carbocycles. The third kappa shape index (κ3) is 3.28. The van der Waals surface area contributed by atoms with Crippen molar-refractivity contribution >= 4 is 22.8 Å². The molecule has 7 nitrogen and oxygen atoms in total. The minimum absolute atomic E-state index is 0.0162. The van der Waals surface area contributed by atoms with Crippen LogP contribution in [-0.4, -0.2) is 29.0 Å². The van der Waals surface area contributed by atoms with Crippen molar-refractivity contribution in [1.82, 2.24) is 15.3 Å². The zero-order chi connectivity index (χ0) is 17.9. The van der Waals surface area contributed by atoms with E-state index in [1.54, 1.807) is 36.5 Å². The van der Waals surface area contributed by atoms with Crippen LogP contribution >= 0.6 is 0 Å². The van der Waals surface area contributed by atoms with Gasteiger partial charge < -0.3 is 14.6 Å². The highest BCUT2D eigenvalue weighted by Crippen LogP contribution is 2.15. The summed E-state index contributed by atoms with van der Waals surface area (Å²) in [6.45, 7) is 2.12. The Balaban J connectivity index is 1.50. The van der Waals surface area contributed by atoms with Gasteiger partial charge in [-0.2, -0.15) is 0 Å². The highest BCUT2D eigenvalue weighted by molar-refractivity contribution is 5.96. The first kappa shape index (κ1) is 16.3. The molecule has 1 N–H and O–H groups in total. The predicted molar refractivity (Wildman–Crippen MR) is 97.1 cm³/mol. The molecule has 3 aromatic rings. The average molecular weight is 350 g/mol. The van der Waals surface area contributed by atoms with Crippen molar-refractivity contribution in [2.24, 2.45) is 0 Å². The summed E-state index contributed by atoms with van der Waals surface area (Å²) in [4.78, 5) is 35.4. The summed E-state index contributed by atoms with van der Waals surface area (Å²) < 4.78 is 5.20. The van der Waals surface area contributed by atoms with Crippen LogP contribution in [0.3, 0.4) is 0 Å². The predicted octanol–water partition coefficient (Wildman–Crippen LogP) is 2.11. The lowest BCUT2D eigenvalue weighted by atomic mass is 10.2. The fourth-order valence-corrected chi connectivity index (χ4v) is 3.04. The molecule has 7 heteroatoms. The number of aromatic nitrogens is 2. The second-order valence-corrected chi connectivity index (χ2v) is 6.21. The standard InChI is InChI=1S/C19H18N4O3/c24-17(15-11-13-5-1-2-6-16(13)26-18(15)25)21-12-14-7-8-20-19(22-14)23-9-3-4-10-23/h1-2,5-8,11H,3-4,9-10,12H2,(H,21,24). The number of benzene rings is 1. The number of anilines is 1. The lowest BCUT2D eigenvalue weighted by molar-refractivity contribution is 0.0947. The van der Waals surface area contributed by atoms with Gasteiger partial charge in [-0.15, -0.1) is 0 Å². The summed E-state index contributed by atoms with van der Waals surface area (Å²) in [5, 5.41) is 3.44. The Morgan fingerprint density at radius 2 is 2.00 bits per heavy atom. The summed E-state index contributed by atoms with van der Waals surface area (Å²) in [6.07, 6.45) is 3.97. The van der Waals surface area contributed by atoms with E-state index in [1.807, 2.05) is 6.07 Å². The van der Waals surface area contributed by atoms with E-state index < -0.39 is 11.5 Å². The van der Waals surface area contributed by atoms with Crippen LogP contribution in [-0.2, 0) is 6.54 Å². The van der Waals surface area contributed by atoms with E-state index in [9.17, 15) is 9.59 Å². The molecular formula is C19H18N4O3. The first-order valence-corrected chi connectivity index (χ1v) is 8.59. The molecule has 4 rings (SSSR count). The number of fused-ring (bicyclic) bond motifs is 1. The van der Waals surface area contributed by atoms with Gasteiger partial charge in [0.25, 0.3) is 5.91 Å². The van der Waals surface area contributed by atoms with Crippen LogP contribution in [0.4, 0.5) is 5.95 Å². The van der Waals surface area contributed by atoms with E-state index >= 15 is 0 Å². The van der Waals surface area contributed by atoms with Crippen molar-refractivity contribution in [3.05, 3.63) is 64.3 Å². The fraction of sp³-hybridized carbons (Fsp3) is 0.263. The molecule has 0 unspecified atom stereocenters. The second kappa shape index (κ2) is 6.95. The van der Waals surface area contributed by atoms with Crippen LogP contribution in [0.5, 0.6) is 0 Å². The largest absolute Gasteiger partial charge is 0.422 e. The number of nitrogens with zero attached hydrogens (tertiary/aromatic N) is 3. The molecule has 0 radical (unpaired) electrons. The molecule has 1 aromatic carbocycles. The Hall–Kier alpha value is -3.22. The summed E-state index contributed by atoms with van der Waals surface area (Å²) >= 11 is 0. The zero-order valence-electron chi connectivity index (χ0n) is 14.1. The Morgan fingerprint density at radius 3 is 2.85 bits per heavy atom. The van der Waals surface area contributed by atoms with Crippen molar-refractivity contribution in [2.75, 3.05) is 18.0 Å². The van der Waals surface area contributed by atoms with Gasteiger partial charge in [0, 0.05) is 24.7 Å². The number of amides is 1. The van der Waals surface area contributed by atoms with Crippen LogP contribution in [0, 0.1) is 0 Å². The van der Waals surface area contributed by atoms with Crippen LogP contribution in [0.1, 0.15) is 28.9 Å². The molecule has 1 aliphatic heterocycles. The lowest BCUT2D eigenvalue weighted by Gasteiger charge is -2.15. The average Bonchev–Trinajstić information content (AvgIpc) is 3.20. The van der Waals surface area contributed by atoms with E-state index in [4.69, 9.17) is 4.42 Å². The maximum atomic E-state index is 12.4. The molecular weight excluding hydrogens is 332 g/mol. The Morgan fingerprint density at radius 1 is 1.19 bits per heavy atom. The van der Waals surface area contributed by atoms with Gasteiger partial charge in [-0.1, -0.05) is 18.2 Å². The van der Waals surface area contributed by atoms with Gasteiger partial charge in [-0.05, 0) is 31.0 Å². The molecule has 0 spiro atoms. The number of hydrogen-bond donors (Lipinski definition) is 1. The molecule has 0 atom stereocenters. The van der Waals surface area contributed by atoms with E-state index in [-0.39, 0.29) is 12.1 Å². The molecule has 1 fully saturated rings. The summed E-state index contributed by atoms with van der Waals surface area (Å²) in [7, 11) is 0.